The van der Waals surface area contributed by atoms with Crippen LogP contribution in [-0.2, 0) is 0 Å². The van der Waals surface area contributed by atoms with Crippen LogP contribution in [-0.4, -0.2) is 53.4 Å². The number of nitrogens with zero attached hydrogens (tertiary/aromatic N) is 3. The fraction of sp³-hybridized carbons (Fsp3) is 0.389. The molecule has 130 valence electrons. The highest BCUT2D eigenvalue weighted by Gasteiger charge is 2.29. The second-order valence-electron chi connectivity index (χ2n) is 5.96. The number of ether oxygens (including phenoxy) is 1. The Hall–Kier alpha value is -2.69. The van der Waals surface area contributed by atoms with E-state index in [-0.39, 0.29) is 18.5 Å². The molecule has 2 aromatic rings. The fourth-order valence-electron chi connectivity index (χ4n) is 3.13. The zero-order valence-electron chi connectivity index (χ0n) is 14.0. The summed E-state index contributed by atoms with van der Waals surface area (Å²) in [5.74, 6) is 0.343. The molecule has 2 N–H and O–H groups in total. The van der Waals surface area contributed by atoms with Crippen LogP contribution in [0.25, 0.3) is 10.9 Å². The van der Waals surface area contributed by atoms with E-state index in [1.165, 1.54) is 0 Å². The van der Waals surface area contributed by atoms with Crippen molar-refractivity contribution in [3.8, 4) is 11.8 Å². The zero-order valence-corrected chi connectivity index (χ0v) is 14.0. The first-order chi connectivity index (χ1) is 12.1. The van der Waals surface area contributed by atoms with Gasteiger partial charge in [0.15, 0.2) is 0 Å². The van der Waals surface area contributed by atoms with E-state index in [2.05, 4.69) is 16.4 Å². The number of aliphatic hydroxyl groups is 1. The molecule has 1 fully saturated rings. The Morgan fingerprint density at radius 2 is 2.40 bits per heavy atom. The topological polar surface area (TPSA) is 98.5 Å². The zero-order chi connectivity index (χ0) is 17.8. The van der Waals surface area contributed by atoms with E-state index >= 15 is 0 Å². The Bertz CT molecular complexity index is 818. The van der Waals surface area contributed by atoms with Gasteiger partial charge in [-0.05, 0) is 37.1 Å². The summed E-state index contributed by atoms with van der Waals surface area (Å²) in [7, 11) is 1.56. The summed E-state index contributed by atoms with van der Waals surface area (Å²) in [6, 6.07) is 8.87. The van der Waals surface area contributed by atoms with Crippen LogP contribution in [0.5, 0.6) is 5.75 Å². The minimum absolute atomic E-state index is 0.0603. The molecule has 0 spiro atoms. The summed E-state index contributed by atoms with van der Waals surface area (Å²) in [5.41, 5.74) is 1.16. The molecule has 7 heteroatoms. The normalized spacial score (nSPS) is 18.7. The van der Waals surface area contributed by atoms with Gasteiger partial charge in [-0.2, -0.15) is 5.26 Å². The Labute approximate surface area is 145 Å². The van der Waals surface area contributed by atoms with Gasteiger partial charge in [0.1, 0.15) is 12.0 Å². The maximum absolute atomic E-state index is 12.6. The summed E-state index contributed by atoms with van der Waals surface area (Å²) in [4.78, 5) is 18.5. The quantitative estimate of drug-likeness (QED) is 0.851. The number of carbonyl (C=O) groups is 1. The molecule has 2 atom stereocenters. The Morgan fingerprint density at radius 3 is 3.16 bits per heavy atom. The highest BCUT2D eigenvalue weighted by atomic mass is 16.5. The predicted octanol–water partition coefficient (Wildman–Crippen LogP) is 1.28. The molecule has 0 radical (unpaired) electrons. The van der Waals surface area contributed by atoms with Crippen molar-refractivity contribution < 1.29 is 14.6 Å². The average molecular weight is 340 g/mol. The van der Waals surface area contributed by atoms with Gasteiger partial charge in [0, 0.05) is 18.1 Å². The fourth-order valence-corrected chi connectivity index (χ4v) is 3.13. The molecular weight excluding hydrogens is 320 g/mol. The summed E-state index contributed by atoms with van der Waals surface area (Å²) in [6.45, 7) is 0.718. The lowest BCUT2D eigenvalue weighted by molar-refractivity contribution is 0.00811. The van der Waals surface area contributed by atoms with Gasteiger partial charge < -0.3 is 15.2 Å². The first-order valence-electron chi connectivity index (χ1n) is 8.18. The molecule has 7 nitrogen and oxygen atoms in total. The molecule has 1 amide bonds. The van der Waals surface area contributed by atoms with E-state index in [9.17, 15) is 9.90 Å². The van der Waals surface area contributed by atoms with Crippen molar-refractivity contribution in [2.45, 2.75) is 25.1 Å². The first-order valence-corrected chi connectivity index (χ1v) is 8.18. The van der Waals surface area contributed by atoms with E-state index in [0.29, 0.717) is 28.8 Å². The number of amides is 1. The summed E-state index contributed by atoms with van der Waals surface area (Å²) < 4.78 is 5.21. The lowest BCUT2D eigenvalue weighted by Crippen LogP contribution is -2.45. The number of nitriles is 1. The van der Waals surface area contributed by atoms with Crippen LogP contribution in [0.2, 0.25) is 0 Å². The number of rotatable bonds is 5. The molecule has 1 aliphatic heterocycles. The number of carbonyl (C=O) groups excluding carboxylic acids is 1. The van der Waals surface area contributed by atoms with Crippen molar-refractivity contribution in [3.63, 3.8) is 0 Å². The largest absolute Gasteiger partial charge is 0.497 e. The van der Waals surface area contributed by atoms with Gasteiger partial charge >= 0.3 is 0 Å². The first kappa shape index (κ1) is 17.1. The third kappa shape index (κ3) is 3.55. The van der Waals surface area contributed by atoms with Gasteiger partial charge in [-0.3, -0.25) is 14.7 Å². The second-order valence-corrected chi connectivity index (χ2v) is 5.96. The van der Waals surface area contributed by atoms with E-state index in [0.717, 1.165) is 12.8 Å². The third-order valence-corrected chi connectivity index (χ3v) is 4.46. The van der Waals surface area contributed by atoms with Crippen molar-refractivity contribution in [3.05, 3.63) is 36.0 Å². The number of benzene rings is 1. The highest BCUT2D eigenvalue weighted by Crippen LogP contribution is 2.22. The third-order valence-electron chi connectivity index (χ3n) is 4.46. The lowest BCUT2D eigenvalue weighted by atomic mass is 10.1. The Balaban J connectivity index is 1.73. The van der Waals surface area contributed by atoms with Crippen LogP contribution >= 0.6 is 0 Å². The minimum atomic E-state index is -0.876. The smallest absolute Gasteiger partial charge is 0.252 e. The molecule has 0 aliphatic carbocycles. The molecule has 1 aromatic carbocycles. The summed E-state index contributed by atoms with van der Waals surface area (Å²) >= 11 is 0. The van der Waals surface area contributed by atoms with Crippen LogP contribution in [0.15, 0.2) is 30.5 Å². The van der Waals surface area contributed by atoms with Gasteiger partial charge in [0.25, 0.3) is 5.91 Å². The molecule has 3 rings (SSSR count). The molecule has 0 saturated carbocycles. The number of pyridine rings is 1. The van der Waals surface area contributed by atoms with Gasteiger partial charge in [-0.25, -0.2) is 0 Å². The standard InChI is InChI=1S/C18H20N4O3/c1-25-13-4-5-16-15(9-13)14(6-7-20-16)18(24)21-11-17(23)22-8-2-3-12(22)10-19/h4-7,9,12,17,23H,2-3,8,11H2,1H3,(H,21,24)/t12-,17-/m0/s1. The Kier molecular flexibility index (Phi) is 5.12. The van der Waals surface area contributed by atoms with Crippen molar-refractivity contribution in [2.75, 3.05) is 20.2 Å². The number of fused-ring (bicyclic) bond motifs is 1. The molecule has 0 bridgehead atoms. The summed E-state index contributed by atoms with van der Waals surface area (Å²) in [5, 5.41) is 22.8. The van der Waals surface area contributed by atoms with Crippen LogP contribution < -0.4 is 10.1 Å². The second kappa shape index (κ2) is 7.47. The van der Waals surface area contributed by atoms with E-state index in [4.69, 9.17) is 10.00 Å². The average Bonchev–Trinajstić information content (AvgIpc) is 3.13. The lowest BCUT2D eigenvalue weighted by Gasteiger charge is -2.25. The molecular formula is C18H20N4O3. The number of hydrogen-bond acceptors (Lipinski definition) is 6. The van der Waals surface area contributed by atoms with E-state index < -0.39 is 6.23 Å². The number of hydrogen-bond donors (Lipinski definition) is 2. The number of methoxy groups -OCH3 is 1. The van der Waals surface area contributed by atoms with Gasteiger partial charge in [0.05, 0.1) is 36.8 Å². The number of likely N-dealkylation sites (tertiary alicyclic amines) is 1. The van der Waals surface area contributed by atoms with Crippen LogP contribution in [0.3, 0.4) is 0 Å². The highest BCUT2D eigenvalue weighted by molar-refractivity contribution is 6.06. The van der Waals surface area contributed by atoms with Gasteiger partial charge in [0.2, 0.25) is 0 Å². The minimum Gasteiger partial charge on any atom is -0.497 e. The SMILES string of the molecule is COc1ccc2nccc(C(=O)NC[C@H](O)N3CCC[C@H]3C#N)c2c1. The summed E-state index contributed by atoms with van der Waals surface area (Å²) in [6.07, 6.45) is 2.32. The van der Waals surface area contributed by atoms with Crippen molar-refractivity contribution in [1.29, 1.82) is 5.26 Å². The predicted molar refractivity (Wildman–Crippen MR) is 92.0 cm³/mol. The molecule has 0 unspecified atom stereocenters. The van der Waals surface area contributed by atoms with Crippen LogP contribution in [0.1, 0.15) is 23.2 Å². The van der Waals surface area contributed by atoms with Crippen molar-refractivity contribution in [1.82, 2.24) is 15.2 Å². The van der Waals surface area contributed by atoms with E-state index in [1.807, 2.05) is 0 Å². The molecule has 1 saturated heterocycles. The van der Waals surface area contributed by atoms with E-state index in [1.54, 1.807) is 42.5 Å². The Morgan fingerprint density at radius 1 is 1.56 bits per heavy atom. The number of aliphatic hydroxyl groups excluding tert-OH is 1. The van der Waals surface area contributed by atoms with Gasteiger partial charge in [-0.1, -0.05) is 0 Å². The molecule has 2 heterocycles. The maximum atomic E-state index is 12.6. The maximum Gasteiger partial charge on any atom is 0.252 e. The van der Waals surface area contributed by atoms with Gasteiger partial charge in [-0.15, -0.1) is 0 Å². The number of aromatic nitrogens is 1. The van der Waals surface area contributed by atoms with Crippen LogP contribution in [0.4, 0.5) is 0 Å². The molecule has 1 aliphatic rings. The van der Waals surface area contributed by atoms with Crippen molar-refractivity contribution >= 4 is 16.8 Å². The van der Waals surface area contributed by atoms with Crippen LogP contribution in [0, 0.1) is 11.3 Å². The molecule has 25 heavy (non-hydrogen) atoms. The van der Waals surface area contributed by atoms with Crippen molar-refractivity contribution in [2.24, 2.45) is 0 Å². The molecule has 1 aromatic heterocycles. The monoisotopic (exact) mass is 340 g/mol. The number of nitrogens with one attached hydrogen (secondary N) is 1.